The van der Waals surface area contributed by atoms with Crippen LogP contribution in [0.4, 0.5) is 5.95 Å². The van der Waals surface area contributed by atoms with Crippen LogP contribution in [0, 0.1) is 0 Å². The molecule has 6 heteroatoms. The molecule has 13 heavy (non-hydrogen) atoms. The molecular formula is C7H5ClN4O. The Hall–Kier alpha value is -1.62. The second-order valence-electron chi connectivity index (χ2n) is 2.27. The summed E-state index contributed by atoms with van der Waals surface area (Å²) in [7, 11) is 0. The van der Waals surface area contributed by atoms with E-state index in [0.717, 1.165) is 0 Å². The Morgan fingerprint density at radius 3 is 2.85 bits per heavy atom. The first-order valence-electron chi connectivity index (χ1n) is 3.45. The largest absolute Gasteiger partial charge is 0.443 e. The van der Waals surface area contributed by atoms with Crippen molar-refractivity contribution in [2.24, 2.45) is 0 Å². The minimum absolute atomic E-state index is 0.0979. The summed E-state index contributed by atoms with van der Waals surface area (Å²) in [5.41, 5.74) is 5.86. The van der Waals surface area contributed by atoms with Crippen LogP contribution in [0.15, 0.2) is 22.9 Å². The molecule has 0 aliphatic rings. The molecule has 0 aromatic carbocycles. The van der Waals surface area contributed by atoms with Crippen molar-refractivity contribution in [1.82, 2.24) is 15.0 Å². The second-order valence-corrected chi connectivity index (χ2v) is 2.66. The van der Waals surface area contributed by atoms with Gasteiger partial charge in [-0.3, -0.25) is 0 Å². The Balaban J connectivity index is 2.53. The Morgan fingerprint density at radius 2 is 2.23 bits per heavy atom. The minimum atomic E-state index is 0.0979. The lowest BCUT2D eigenvalue weighted by atomic mass is 10.4. The van der Waals surface area contributed by atoms with Gasteiger partial charge in [0.2, 0.25) is 11.8 Å². The highest BCUT2D eigenvalue weighted by molar-refractivity contribution is 6.29. The van der Waals surface area contributed by atoms with E-state index >= 15 is 0 Å². The highest BCUT2D eigenvalue weighted by Gasteiger charge is 2.06. The zero-order valence-corrected chi connectivity index (χ0v) is 7.19. The Bertz CT molecular complexity index is 394. The van der Waals surface area contributed by atoms with Crippen LogP contribution < -0.4 is 5.73 Å². The van der Waals surface area contributed by atoms with Gasteiger partial charge in [-0.1, -0.05) is 11.6 Å². The van der Waals surface area contributed by atoms with Crippen LogP contribution in [0.25, 0.3) is 11.6 Å². The van der Waals surface area contributed by atoms with E-state index in [1.807, 2.05) is 0 Å². The van der Waals surface area contributed by atoms with Crippen molar-refractivity contribution in [3.05, 3.63) is 23.7 Å². The molecule has 0 aliphatic heterocycles. The molecule has 0 spiro atoms. The maximum absolute atomic E-state index is 5.67. The van der Waals surface area contributed by atoms with Crippen LogP contribution in [0.2, 0.25) is 5.15 Å². The van der Waals surface area contributed by atoms with Crippen molar-refractivity contribution >= 4 is 17.5 Å². The molecule has 66 valence electrons. The number of halogens is 1. The van der Waals surface area contributed by atoms with Crippen molar-refractivity contribution in [2.45, 2.75) is 0 Å². The average molecular weight is 197 g/mol. The van der Waals surface area contributed by atoms with Gasteiger partial charge in [0.15, 0.2) is 0 Å². The number of nitrogen functional groups attached to an aromatic ring is 1. The van der Waals surface area contributed by atoms with Crippen molar-refractivity contribution < 1.29 is 4.42 Å². The number of hydrogen-bond acceptors (Lipinski definition) is 5. The number of nitrogens with zero attached hydrogens (tertiary/aromatic N) is 3. The van der Waals surface area contributed by atoms with E-state index in [9.17, 15) is 0 Å². The van der Waals surface area contributed by atoms with E-state index in [2.05, 4.69) is 15.0 Å². The van der Waals surface area contributed by atoms with Crippen molar-refractivity contribution in [3.8, 4) is 11.6 Å². The van der Waals surface area contributed by atoms with E-state index in [4.69, 9.17) is 21.8 Å². The number of hydrogen-bond donors (Lipinski definition) is 1. The molecule has 0 atom stereocenters. The molecule has 0 saturated heterocycles. The van der Waals surface area contributed by atoms with Gasteiger partial charge in [-0.2, -0.15) is 0 Å². The predicted octanol–water partition coefficient (Wildman–Crippen LogP) is 1.37. The van der Waals surface area contributed by atoms with Crippen molar-refractivity contribution in [1.29, 1.82) is 0 Å². The number of anilines is 1. The molecule has 0 bridgehead atoms. The Labute approximate surface area is 78.6 Å². The molecule has 0 radical (unpaired) electrons. The molecule has 0 unspecified atom stereocenters. The summed E-state index contributed by atoms with van der Waals surface area (Å²) in [5, 5.41) is 0.265. The monoisotopic (exact) mass is 196 g/mol. The van der Waals surface area contributed by atoms with Gasteiger partial charge in [0, 0.05) is 6.07 Å². The summed E-state index contributed by atoms with van der Waals surface area (Å²) in [6.45, 7) is 0. The summed E-state index contributed by atoms with van der Waals surface area (Å²) < 4.78 is 5.01. The van der Waals surface area contributed by atoms with Crippen LogP contribution in [-0.4, -0.2) is 15.0 Å². The van der Waals surface area contributed by atoms with Gasteiger partial charge >= 0.3 is 0 Å². The van der Waals surface area contributed by atoms with Gasteiger partial charge in [-0.05, 0) is 0 Å². The molecule has 5 nitrogen and oxygen atoms in total. The summed E-state index contributed by atoms with van der Waals surface area (Å²) in [6, 6.07) is 1.53. The standard InChI is InChI=1S/C7H5ClN4O/c8-5-3-4(11-7(9)12-5)6-10-1-2-13-6/h1-3H,(H2,9,11,12). The van der Waals surface area contributed by atoms with Crippen LogP contribution in [0.1, 0.15) is 0 Å². The first kappa shape index (κ1) is 8.00. The maximum atomic E-state index is 5.67. The van der Waals surface area contributed by atoms with E-state index in [1.165, 1.54) is 18.5 Å². The van der Waals surface area contributed by atoms with Crippen molar-refractivity contribution in [2.75, 3.05) is 5.73 Å². The fourth-order valence-electron chi connectivity index (χ4n) is 0.895. The molecule has 2 rings (SSSR count). The molecule has 2 heterocycles. The zero-order valence-electron chi connectivity index (χ0n) is 6.44. The lowest BCUT2D eigenvalue weighted by molar-refractivity contribution is 0.572. The highest BCUT2D eigenvalue weighted by Crippen LogP contribution is 2.18. The number of oxazole rings is 1. The van der Waals surface area contributed by atoms with Crippen LogP contribution in [0.3, 0.4) is 0 Å². The third-order valence-electron chi connectivity index (χ3n) is 1.36. The van der Waals surface area contributed by atoms with Gasteiger partial charge in [-0.15, -0.1) is 0 Å². The van der Waals surface area contributed by atoms with Gasteiger partial charge in [0.25, 0.3) is 0 Å². The Kier molecular flexibility index (Phi) is 1.86. The lowest BCUT2D eigenvalue weighted by Gasteiger charge is -1.96. The molecule has 2 N–H and O–H groups in total. The SMILES string of the molecule is Nc1nc(Cl)cc(-c2ncco2)n1. The molecule has 0 saturated carbocycles. The fraction of sp³-hybridized carbons (Fsp3) is 0. The van der Waals surface area contributed by atoms with E-state index < -0.39 is 0 Å². The molecule has 0 aliphatic carbocycles. The quantitative estimate of drug-likeness (QED) is 0.697. The molecule has 0 fully saturated rings. The number of aromatic nitrogens is 3. The average Bonchev–Trinajstić information content (AvgIpc) is 2.53. The maximum Gasteiger partial charge on any atom is 0.245 e. The fourth-order valence-corrected chi connectivity index (χ4v) is 1.08. The lowest BCUT2D eigenvalue weighted by Crippen LogP contribution is -1.96. The summed E-state index contributed by atoms with van der Waals surface area (Å²) in [5.74, 6) is 0.469. The van der Waals surface area contributed by atoms with E-state index in [0.29, 0.717) is 11.6 Å². The molecule has 2 aromatic heterocycles. The van der Waals surface area contributed by atoms with Gasteiger partial charge < -0.3 is 10.2 Å². The molecular weight excluding hydrogens is 192 g/mol. The number of rotatable bonds is 1. The molecule has 0 amide bonds. The zero-order chi connectivity index (χ0) is 9.26. The summed E-state index contributed by atoms with van der Waals surface area (Å²) in [6.07, 6.45) is 2.96. The van der Waals surface area contributed by atoms with Crippen LogP contribution >= 0.6 is 11.6 Å². The minimum Gasteiger partial charge on any atom is -0.443 e. The number of nitrogens with two attached hydrogens (primary N) is 1. The highest BCUT2D eigenvalue weighted by atomic mass is 35.5. The summed E-state index contributed by atoms with van der Waals surface area (Å²) >= 11 is 5.67. The van der Waals surface area contributed by atoms with Crippen molar-refractivity contribution in [3.63, 3.8) is 0 Å². The second kappa shape index (κ2) is 3.02. The Morgan fingerprint density at radius 1 is 1.38 bits per heavy atom. The van der Waals surface area contributed by atoms with Gasteiger partial charge in [-0.25, -0.2) is 15.0 Å². The molecule has 2 aromatic rings. The van der Waals surface area contributed by atoms with E-state index in [-0.39, 0.29) is 11.1 Å². The van der Waals surface area contributed by atoms with E-state index in [1.54, 1.807) is 0 Å². The first-order valence-corrected chi connectivity index (χ1v) is 3.83. The van der Waals surface area contributed by atoms with Gasteiger partial charge in [0.1, 0.15) is 17.1 Å². The summed E-state index contributed by atoms with van der Waals surface area (Å²) in [4.78, 5) is 11.5. The van der Waals surface area contributed by atoms with Crippen LogP contribution in [0.5, 0.6) is 0 Å². The van der Waals surface area contributed by atoms with Gasteiger partial charge in [0.05, 0.1) is 6.20 Å². The third-order valence-corrected chi connectivity index (χ3v) is 1.56. The predicted molar refractivity (Wildman–Crippen MR) is 47.0 cm³/mol. The third kappa shape index (κ3) is 1.59. The van der Waals surface area contributed by atoms with Crippen LogP contribution in [-0.2, 0) is 0 Å². The smallest absolute Gasteiger partial charge is 0.245 e. The topological polar surface area (TPSA) is 77.8 Å². The normalized spacial score (nSPS) is 10.2. The first-order chi connectivity index (χ1) is 6.25.